The van der Waals surface area contributed by atoms with Crippen LogP contribution in [0.5, 0.6) is 5.75 Å². The normalized spacial score (nSPS) is 10.3. The summed E-state index contributed by atoms with van der Waals surface area (Å²) < 4.78 is 7.48. The fourth-order valence-electron chi connectivity index (χ4n) is 2.41. The maximum Gasteiger partial charge on any atom is 0.262 e. The molecular formula is C21H18Br2N2O2. The zero-order valence-electron chi connectivity index (χ0n) is 14.4. The van der Waals surface area contributed by atoms with E-state index >= 15 is 0 Å². The van der Waals surface area contributed by atoms with Crippen molar-refractivity contribution >= 4 is 49.1 Å². The Labute approximate surface area is 175 Å². The van der Waals surface area contributed by atoms with Gasteiger partial charge in [0.1, 0.15) is 5.75 Å². The molecule has 0 aliphatic heterocycles. The van der Waals surface area contributed by atoms with Crippen LogP contribution in [0.2, 0.25) is 0 Å². The monoisotopic (exact) mass is 488 g/mol. The van der Waals surface area contributed by atoms with Crippen molar-refractivity contribution in [1.29, 1.82) is 0 Å². The highest BCUT2D eigenvalue weighted by Crippen LogP contribution is 2.26. The van der Waals surface area contributed by atoms with Crippen LogP contribution in [0, 0.1) is 0 Å². The van der Waals surface area contributed by atoms with Crippen LogP contribution < -0.4 is 15.4 Å². The van der Waals surface area contributed by atoms with E-state index < -0.39 is 0 Å². The Morgan fingerprint density at radius 2 is 1.63 bits per heavy atom. The lowest BCUT2D eigenvalue weighted by Crippen LogP contribution is -2.20. The van der Waals surface area contributed by atoms with Crippen molar-refractivity contribution in [1.82, 2.24) is 0 Å². The summed E-state index contributed by atoms with van der Waals surface area (Å²) in [7, 11) is 0. The van der Waals surface area contributed by atoms with Gasteiger partial charge in [-0.3, -0.25) is 4.79 Å². The predicted molar refractivity (Wildman–Crippen MR) is 116 cm³/mol. The van der Waals surface area contributed by atoms with Crippen LogP contribution in [-0.4, -0.2) is 12.5 Å². The number of amides is 1. The van der Waals surface area contributed by atoms with Crippen molar-refractivity contribution in [2.75, 3.05) is 17.2 Å². The van der Waals surface area contributed by atoms with E-state index in [-0.39, 0.29) is 12.5 Å². The number of carbonyl (C=O) groups is 1. The van der Waals surface area contributed by atoms with Crippen molar-refractivity contribution in [2.45, 2.75) is 6.54 Å². The zero-order chi connectivity index (χ0) is 19.1. The topological polar surface area (TPSA) is 50.4 Å². The van der Waals surface area contributed by atoms with Crippen molar-refractivity contribution in [2.24, 2.45) is 0 Å². The van der Waals surface area contributed by atoms with Gasteiger partial charge < -0.3 is 15.4 Å². The van der Waals surface area contributed by atoms with Gasteiger partial charge in [0.15, 0.2) is 6.61 Å². The molecule has 3 aromatic carbocycles. The van der Waals surface area contributed by atoms with Crippen LogP contribution >= 0.6 is 31.9 Å². The number of halogens is 2. The van der Waals surface area contributed by atoms with Crippen molar-refractivity contribution in [3.05, 3.63) is 87.3 Å². The summed E-state index contributed by atoms with van der Waals surface area (Å²) in [6, 6.07) is 23.1. The van der Waals surface area contributed by atoms with Crippen LogP contribution in [0.1, 0.15) is 5.56 Å². The average Bonchev–Trinajstić information content (AvgIpc) is 2.67. The first-order valence-electron chi connectivity index (χ1n) is 8.36. The highest BCUT2D eigenvalue weighted by Gasteiger charge is 2.07. The second-order valence-corrected chi connectivity index (χ2v) is 7.60. The van der Waals surface area contributed by atoms with Crippen molar-refractivity contribution < 1.29 is 9.53 Å². The van der Waals surface area contributed by atoms with Gasteiger partial charge in [-0.25, -0.2) is 0 Å². The molecule has 138 valence electrons. The lowest BCUT2D eigenvalue weighted by Gasteiger charge is -2.11. The van der Waals surface area contributed by atoms with Gasteiger partial charge in [-0.05, 0) is 70.0 Å². The smallest absolute Gasteiger partial charge is 0.262 e. The van der Waals surface area contributed by atoms with E-state index in [1.54, 1.807) is 0 Å². The molecule has 0 aliphatic carbocycles. The minimum absolute atomic E-state index is 0.0516. The summed E-state index contributed by atoms with van der Waals surface area (Å²) >= 11 is 6.94. The third-order valence-electron chi connectivity index (χ3n) is 3.75. The first-order valence-corrected chi connectivity index (χ1v) is 9.94. The summed E-state index contributed by atoms with van der Waals surface area (Å²) in [4.78, 5) is 12.0. The standard InChI is InChI=1S/C21H18Br2N2O2/c22-16-7-9-17(10-8-16)24-13-15-6-11-20(19(23)12-15)27-14-21(26)25-18-4-2-1-3-5-18/h1-12,24H,13-14H2,(H,25,26). The molecule has 0 fully saturated rings. The van der Waals surface area contributed by atoms with Crippen molar-refractivity contribution in [3.8, 4) is 5.75 Å². The van der Waals surface area contributed by atoms with Crippen LogP contribution in [0.25, 0.3) is 0 Å². The van der Waals surface area contributed by atoms with Gasteiger partial charge in [0.05, 0.1) is 4.47 Å². The second-order valence-electron chi connectivity index (χ2n) is 5.83. The van der Waals surface area contributed by atoms with Gasteiger partial charge >= 0.3 is 0 Å². The van der Waals surface area contributed by atoms with Crippen LogP contribution in [0.15, 0.2) is 81.7 Å². The average molecular weight is 490 g/mol. The Morgan fingerprint density at radius 3 is 2.33 bits per heavy atom. The third kappa shape index (κ3) is 6.12. The molecule has 0 atom stereocenters. The highest BCUT2D eigenvalue weighted by molar-refractivity contribution is 9.10. The van der Waals surface area contributed by atoms with E-state index in [1.807, 2.05) is 72.8 Å². The number of rotatable bonds is 7. The first kappa shape index (κ1) is 19.5. The van der Waals surface area contributed by atoms with E-state index in [2.05, 4.69) is 42.5 Å². The SMILES string of the molecule is O=C(COc1ccc(CNc2ccc(Br)cc2)cc1Br)Nc1ccccc1. The molecule has 0 heterocycles. The third-order valence-corrected chi connectivity index (χ3v) is 4.90. The maximum absolute atomic E-state index is 12.0. The molecule has 0 aromatic heterocycles. The Balaban J connectivity index is 1.51. The molecule has 0 aliphatic rings. The lowest BCUT2D eigenvalue weighted by molar-refractivity contribution is -0.118. The molecule has 0 radical (unpaired) electrons. The summed E-state index contributed by atoms with van der Waals surface area (Å²) in [5, 5.41) is 6.16. The van der Waals surface area contributed by atoms with Gasteiger partial charge in [-0.2, -0.15) is 0 Å². The molecule has 0 unspecified atom stereocenters. The van der Waals surface area contributed by atoms with E-state index in [9.17, 15) is 4.79 Å². The number of ether oxygens (including phenoxy) is 1. The number of hydrogen-bond acceptors (Lipinski definition) is 3. The molecule has 0 saturated carbocycles. The molecule has 27 heavy (non-hydrogen) atoms. The molecule has 0 bridgehead atoms. The molecule has 0 spiro atoms. The lowest BCUT2D eigenvalue weighted by atomic mass is 10.2. The van der Waals surface area contributed by atoms with Crippen LogP contribution in [0.4, 0.5) is 11.4 Å². The Kier molecular flexibility index (Phi) is 6.90. The van der Waals surface area contributed by atoms with Crippen molar-refractivity contribution in [3.63, 3.8) is 0 Å². The number of anilines is 2. The minimum Gasteiger partial charge on any atom is -0.483 e. The second kappa shape index (κ2) is 9.58. The van der Waals surface area contributed by atoms with Gasteiger partial charge in [0, 0.05) is 22.4 Å². The van der Waals surface area contributed by atoms with Gasteiger partial charge in [0.2, 0.25) is 0 Å². The number of carbonyl (C=O) groups excluding carboxylic acids is 1. The van der Waals surface area contributed by atoms with Gasteiger partial charge in [0.25, 0.3) is 5.91 Å². The maximum atomic E-state index is 12.0. The first-order chi connectivity index (χ1) is 13.1. The van der Waals surface area contributed by atoms with Gasteiger partial charge in [-0.1, -0.05) is 40.2 Å². The molecule has 3 aromatic rings. The predicted octanol–water partition coefficient (Wildman–Crippen LogP) is 5.84. The zero-order valence-corrected chi connectivity index (χ0v) is 17.6. The number of benzene rings is 3. The van der Waals surface area contributed by atoms with E-state index in [0.29, 0.717) is 12.3 Å². The Morgan fingerprint density at radius 1 is 0.889 bits per heavy atom. The Bertz CT molecular complexity index is 900. The molecule has 6 heteroatoms. The molecule has 4 nitrogen and oxygen atoms in total. The van der Waals surface area contributed by atoms with E-state index in [0.717, 1.165) is 25.9 Å². The molecule has 0 saturated heterocycles. The summed E-state index contributed by atoms with van der Waals surface area (Å²) in [5.74, 6) is 0.430. The fraction of sp³-hybridized carbons (Fsp3) is 0.0952. The van der Waals surface area contributed by atoms with Gasteiger partial charge in [-0.15, -0.1) is 0 Å². The molecular weight excluding hydrogens is 472 g/mol. The number of nitrogens with one attached hydrogen (secondary N) is 2. The highest BCUT2D eigenvalue weighted by atomic mass is 79.9. The van der Waals surface area contributed by atoms with E-state index in [1.165, 1.54) is 0 Å². The minimum atomic E-state index is -0.200. The molecule has 2 N–H and O–H groups in total. The Hall–Kier alpha value is -2.31. The number of hydrogen-bond donors (Lipinski definition) is 2. The molecule has 1 amide bonds. The summed E-state index contributed by atoms with van der Waals surface area (Å²) in [6.07, 6.45) is 0. The van der Waals surface area contributed by atoms with Crippen LogP contribution in [0.3, 0.4) is 0 Å². The van der Waals surface area contributed by atoms with E-state index in [4.69, 9.17) is 4.74 Å². The largest absolute Gasteiger partial charge is 0.483 e. The number of para-hydroxylation sites is 1. The fourth-order valence-corrected chi connectivity index (χ4v) is 3.21. The van der Waals surface area contributed by atoms with Crippen LogP contribution in [-0.2, 0) is 11.3 Å². The summed E-state index contributed by atoms with van der Waals surface area (Å²) in [5.41, 5.74) is 2.90. The quantitative estimate of drug-likeness (QED) is 0.438. The summed E-state index contributed by atoms with van der Waals surface area (Å²) in [6.45, 7) is 0.638. The molecule has 3 rings (SSSR count).